The summed E-state index contributed by atoms with van der Waals surface area (Å²) in [6.07, 6.45) is 3.81. The van der Waals surface area contributed by atoms with Gasteiger partial charge in [-0.15, -0.1) is 11.3 Å². The Morgan fingerprint density at radius 1 is 1.77 bits per heavy atom. The molecule has 0 amide bonds. The van der Waals surface area contributed by atoms with Gasteiger partial charge in [0, 0.05) is 18.3 Å². The molecule has 0 radical (unpaired) electrons. The van der Waals surface area contributed by atoms with Crippen molar-refractivity contribution in [2.45, 2.75) is 18.7 Å². The van der Waals surface area contributed by atoms with E-state index < -0.39 is 0 Å². The number of hydrogen-bond acceptors (Lipinski definition) is 4. The van der Waals surface area contributed by atoms with Crippen LogP contribution in [-0.2, 0) is 6.54 Å². The van der Waals surface area contributed by atoms with Crippen LogP contribution in [0.5, 0.6) is 0 Å². The Labute approximate surface area is 92.1 Å². The predicted octanol–water partition coefficient (Wildman–Crippen LogP) is 2.64. The van der Waals surface area contributed by atoms with E-state index in [-0.39, 0.29) is 0 Å². The summed E-state index contributed by atoms with van der Waals surface area (Å²) in [5.41, 5.74) is 0. The van der Waals surface area contributed by atoms with Crippen molar-refractivity contribution in [2.24, 2.45) is 0 Å². The summed E-state index contributed by atoms with van der Waals surface area (Å²) < 4.78 is 0.759. The summed E-state index contributed by atoms with van der Waals surface area (Å²) >= 11 is 9.14. The summed E-state index contributed by atoms with van der Waals surface area (Å²) in [5.74, 6) is 0. The Balaban J connectivity index is 2.20. The summed E-state index contributed by atoms with van der Waals surface area (Å²) in [6.45, 7) is 4.03. The summed E-state index contributed by atoms with van der Waals surface area (Å²) in [4.78, 5) is 4.16. The third-order valence-electron chi connectivity index (χ3n) is 1.64. The first-order chi connectivity index (χ1) is 6.22. The number of halogens is 1. The minimum atomic E-state index is 0.649. The molecule has 0 aliphatic heterocycles. The fourth-order valence-corrected chi connectivity index (χ4v) is 2.05. The zero-order chi connectivity index (χ0) is 9.68. The zero-order valence-corrected chi connectivity index (χ0v) is 10.1. The largest absolute Gasteiger partial charge is 0.309 e. The molecule has 2 nitrogen and oxygen atoms in total. The number of rotatable bonds is 5. The average Bonchev–Trinajstić information content (AvgIpc) is 2.51. The van der Waals surface area contributed by atoms with Gasteiger partial charge in [-0.25, -0.2) is 4.98 Å². The highest BCUT2D eigenvalue weighted by atomic mass is 35.5. The van der Waals surface area contributed by atoms with Gasteiger partial charge in [-0.2, -0.15) is 11.8 Å². The van der Waals surface area contributed by atoms with E-state index in [1.54, 1.807) is 6.20 Å². The molecule has 0 saturated carbocycles. The van der Waals surface area contributed by atoms with Crippen molar-refractivity contribution in [3.05, 3.63) is 15.5 Å². The van der Waals surface area contributed by atoms with Crippen LogP contribution < -0.4 is 5.32 Å². The standard InChI is InChI=1S/C8H13ClN2S2/c1-6(12-2)3-10-5-8-11-4-7(9)13-8/h4,6,10H,3,5H2,1-2H3. The number of thioether (sulfide) groups is 1. The number of hydrogen-bond donors (Lipinski definition) is 1. The Morgan fingerprint density at radius 3 is 3.08 bits per heavy atom. The average molecular weight is 237 g/mol. The van der Waals surface area contributed by atoms with Gasteiger partial charge in [0.15, 0.2) is 0 Å². The second kappa shape index (κ2) is 5.86. The lowest BCUT2D eigenvalue weighted by Gasteiger charge is -2.07. The van der Waals surface area contributed by atoms with E-state index in [1.165, 1.54) is 11.3 Å². The Morgan fingerprint density at radius 2 is 2.54 bits per heavy atom. The van der Waals surface area contributed by atoms with E-state index in [0.29, 0.717) is 5.25 Å². The molecule has 1 atom stereocenters. The van der Waals surface area contributed by atoms with Crippen LogP contribution in [0.4, 0.5) is 0 Å². The zero-order valence-electron chi connectivity index (χ0n) is 7.71. The van der Waals surface area contributed by atoms with Crippen molar-refractivity contribution in [1.82, 2.24) is 10.3 Å². The first-order valence-electron chi connectivity index (χ1n) is 4.06. The Bertz CT molecular complexity index is 252. The van der Waals surface area contributed by atoms with Gasteiger partial charge in [0.2, 0.25) is 0 Å². The lowest BCUT2D eigenvalue weighted by Crippen LogP contribution is -2.21. The summed E-state index contributed by atoms with van der Waals surface area (Å²) in [5, 5.41) is 5.04. The molecule has 1 rings (SSSR count). The molecule has 1 aromatic heterocycles. The molecule has 0 aliphatic carbocycles. The maximum atomic E-state index is 5.75. The van der Waals surface area contributed by atoms with Crippen molar-refractivity contribution < 1.29 is 0 Å². The van der Waals surface area contributed by atoms with E-state index >= 15 is 0 Å². The van der Waals surface area contributed by atoms with Crippen LogP contribution >= 0.6 is 34.7 Å². The highest BCUT2D eigenvalue weighted by molar-refractivity contribution is 7.99. The van der Waals surface area contributed by atoms with Gasteiger partial charge in [-0.1, -0.05) is 18.5 Å². The van der Waals surface area contributed by atoms with Crippen LogP contribution in [0.1, 0.15) is 11.9 Å². The summed E-state index contributed by atoms with van der Waals surface area (Å²) in [7, 11) is 0. The third kappa shape index (κ3) is 4.31. The number of nitrogens with zero attached hydrogens (tertiary/aromatic N) is 1. The number of aromatic nitrogens is 1. The molecule has 0 saturated heterocycles. The molecule has 1 aromatic rings. The second-order valence-electron chi connectivity index (χ2n) is 2.74. The molecule has 1 heterocycles. The van der Waals surface area contributed by atoms with Crippen molar-refractivity contribution in [2.75, 3.05) is 12.8 Å². The quantitative estimate of drug-likeness (QED) is 0.851. The molecule has 74 valence electrons. The number of thiazole rings is 1. The lowest BCUT2D eigenvalue weighted by molar-refractivity contribution is 0.682. The summed E-state index contributed by atoms with van der Waals surface area (Å²) in [6, 6.07) is 0. The van der Waals surface area contributed by atoms with Gasteiger partial charge in [0.05, 0.1) is 6.20 Å². The lowest BCUT2D eigenvalue weighted by atomic mass is 10.4. The Kier molecular flexibility index (Phi) is 5.09. The normalized spacial score (nSPS) is 13.2. The van der Waals surface area contributed by atoms with Crippen LogP contribution in [0, 0.1) is 0 Å². The highest BCUT2D eigenvalue weighted by Crippen LogP contribution is 2.17. The van der Waals surface area contributed by atoms with Gasteiger partial charge in [0.1, 0.15) is 9.34 Å². The molecular weight excluding hydrogens is 224 g/mol. The van der Waals surface area contributed by atoms with Crippen LogP contribution in [0.25, 0.3) is 0 Å². The van der Waals surface area contributed by atoms with E-state index in [2.05, 4.69) is 23.5 Å². The van der Waals surface area contributed by atoms with Crippen molar-refractivity contribution >= 4 is 34.7 Å². The second-order valence-corrected chi connectivity index (χ2v) is 5.76. The van der Waals surface area contributed by atoms with Crippen molar-refractivity contribution in [3.8, 4) is 0 Å². The third-order valence-corrected chi connectivity index (χ3v) is 3.72. The minimum absolute atomic E-state index is 0.649. The van der Waals surface area contributed by atoms with Crippen molar-refractivity contribution in [1.29, 1.82) is 0 Å². The van der Waals surface area contributed by atoms with E-state index in [1.807, 2.05) is 11.8 Å². The first kappa shape index (κ1) is 11.3. The molecule has 0 fully saturated rings. The molecular formula is C8H13ClN2S2. The van der Waals surface area contributed by atoms with Crippen LogP contribution in [0.2, 0.25) is 4.34 Å². The van der Waals surface area contributed by atoms with Gasteiger partial charge in [-0.05, 0) is 6.26 Å². The molecule has 5 heteroatoms. The van der Waals surface area contributed by atoms with Gasteiger partial charge in [-0.3, -0.25) is 0 Å². The van der Waals surface area contributed by atoms with Crippen molar-refractivity contribution in [3.63, 3.8) is 0 Å². The fraction of sp³-hybridized carbons (Fsp3) is 0.625. The molecule has 0 spiro atoms. The van der Waals surface area contributed by atoms with Gasteiger partial charge >= 0.3 is 0 Å². The maximum absolute atomic E-state index is 5.75. The molecule has 1 N–H and O–H groups in total. The van der Waals surface area contributed by atoms with Gasteiger partial charge in [0.25, 0.3) is 0 Å². The first-order valence-corrected chi connectivity index (χ1v) is 6.54. The monoisotopic (exact) mass is 236 g/mol. The van der Waals surface area contributed by atoms with E-state index in [0.717, 1.165) is 22.4 Å². The molecule has 0 aliphatic rings. The SMILES string of the molecule is CSC(C)CNCc1ncc(Cl)s1. The smallest absolute Gasteiger partial charge is 0.113 e. The molecule has 0 bridgehead atoms. The van der Waals surface area contributed by atoms with Crippen LogP contribution in [0.15, 0.2) is 6.20 Å². The Hall–Kier alpha value is 0.230. The van der Waals surface area contributed by atoms with Gasteiger partial charge < -0.3 is 5.32 Å². The number of nitrogens with one attached hydrogen (secondary N) is 1. The minimum Gasteiger partial charge on any atom is -0.309 e. The van der Waals surface area contributed by atoms with Crippen LogP contribution in [0.3, 0.4) is 0 Å². The van der Waals surface area contributed by atoms with E-state index in [9.17, 15) is 0 Å². The topological polar surface area (TPSA) is 24.9 Å². The fourth-order valence-electron chi connectivity index (χ4n) is 0.835. The predicted molar refractivity (Wildman–Crippen MR) is 61.8 cm³/mol. The molecule has 13 heavy (non-hydrogen) atoms. The highest BCUT2D eigenvalue weighted by Gasteiger charge is 2.01. The maximum Gasteiger partial charge on any atom is 0.113 e. The van der Waals surface area contributed by atoms with E-state index in [4.69, 9.17) is 11.6 Å². The van der Waals surface area contributed by atoms with Crippen LogP contribution in [-0.4, -0.2) is 23.0 Å². The molecule has 0 aromatic carbocycles. The molecule has 1 unspecified atom stereocenters.